The summed E-state index contributed by atoms with van der Waals surface area (Å²) < 4.78 is 28.8. The van der Waals surface area contributed by atoms with Crippen LogP contribution in [0.25, 0.3) is 0 Å². The Morgan fingerprint density at radius 1 is 1.03 bits per heavy atom. The van der Waals surface area contributed by atoms with E-state index in [0.717, 1.165) is 25.7 Å². The van der Waals surface area contributed by atoms with Crippen LogP contribution in [0.1, 0.15) is 42.5 Å². The van der Waals surface area contributed by atoms with Crippen LogP contribution in [0.15, 0.2) is 30.3 Å². The van der Waals surface area contributed by atoms with E-state index in [0.29, 0.717) is 12.0 Å². The fourth-order valence-corrected chi connectivity index (χ4v) is 5.71. The first-order chi connectivity index (χ1) is 13.9. The molecule has 9 heteroatoms. The van der Waals surface area contributed by atoms with Crippen LogP contribution in [-0.2, 0) is 24.2 Å². The van der Waals surface area contributed by atoms with E-state index in [4.69, 9.17) is 4.74 Å². The molecule has 1 N–H and O–H groups in total. The second-order valence-corrected chi connectivity index (χ2v) is 9.73. The summed E-state index contributed by atoms with van der Waals surface area (Å²) >= 11 is 0. The van der Waals surface area contributed by atoms with Gasteiger partial charge in [-0.1, -0.05) is 31.0 Å². The lowest BCUT2D eigenvalue weighted by Gasteiger charge is -2.33. The number of ether oxygens (including phenoxy) is 1. The van der Waals surface area contributed by atoms with Crippen molar-refractivity contribution in [2.45, 2.75) is 44.2 Å². The Labute approximate surface area is 170 Å². The largest absolute Gasteiger partial charge is 0.454 e. The first-order valence-electron chi connectivity index (χ1n) is 9.86. The van der Waals surface area contributed by atoms with Crippen LogP contribution in [0.2, 0.25) is 0 Å². The molecule has 1 aromatic carbocycles. The molecule has 1 heterocycles. The second kappa shape index (κ2) is 9.39. The number of carbonyl (C=O) groups excluding carboxylic acids is 3. The number of nitrogens with zero attached hydrogens (tertiary/aromatic N) is 1. The van der Waals surface area contributed by atoms with E-state index in [1.165, 1.54) is 0 Å². The van der Waals surface area contributed by atoms with E-state index in [9.17, 15) is 22.8 Å². The molecule has 2 fully saturated rings. The molecule has 29 heavy (non-hydrogen) atoms. The van der Waals surface area contributed by atoms with Gasteiger partial charge in [0.15, 0.2) is 16.4 Å². The zero-order valence-corrected chi connectivity index (χ0v) is 17.0. The van der Waals surface area contributed by atoms with Crippen LogP contribution in [0, 0.1) is 0 Å². The van der Waals surface area contributed by atoms with Crippen LogP contribution in [0.3, 0.4) is 0 Å². The van der Waals surface area contributed by atoms with Crippen LogP contribution in [-0.4, -0.2) is 67.8 Å². The highest BCUT2D eigenvalue weighted by atomic mass is 32.2. The number of benzene rings is 1. The fraction of sp³-hybridized carbons (Fsp3) is 0.550. The minimum atomic E-state index is -3.13. The Hall–Kier alpha value is -2.42. The summed E-state index contributed by atoms with van der Waals surface area (Å²) in [5.74, 6) is -1.44. The molecule has 1 saturated carbocycles. The summed E-state index contributed by atoms with van der Waals surface area (Å²) in [5, 5.41) is 2.45. The van der Waals surface area contributed by atoms with Gasteiger partial charge >= 0.3 is 5.97 Å². The van der Waals surface area contributed by atoms with Gasteiger partial charge in [-0.15, -0.1) is 0 Å². The Balaban J connectivity index is 1.51. The minimum absolute atomic E-state index is 0.00251. The summed E-state index contributed by atoms with van der Waals surface area (Å²) in [6, 6.07) is 8.10. The molecule has 1 atom stereocenters. The Bertz CT molecular complexity index is 849. The third-order valence-electron chi connectivity index (χ3n) is 5.39. The molecule has 1 aliphatic carbocycles. The van der Waals surface area contributed by atoms with Gasteiger partial charge in [-0.05, 0) is 31.4 Å². The topological polar surface area (TPSA) is 110 Å². The summed E-state index contributed by atoms with van der Waals surface area (Å²) in [7, 11) is -3.13. The molecular formula is C20H26N2O6S. The fourth-order valence-electron chi connectivity index (χ4n) is 3.99. The third-order valence-corrected chi connectivity index (χ3v) is 7.14. The molecule has 2 aliphatic rings. The molecule has 1 aliphatic heterocycles. The molecule has 0 radical (unpaired) electrons. The Kier molecular flexibility index (Phi) is 6.89. The zero-order valence-electron chi connectivity index (χ0n) is 16.2. The normalized spacial score (nSPS) is 20.9. The molecule has 158 valence electrons. The number of hydrogen-bond donors (Lipinski definition) is 1. The van der Waals surface area contributed by atoms with Gasteiger partial charge in [-0.2, -0.15) is 0 Å². The van der Waals surface area contributed by atoms with Crippen molar-refractivity contribution in [3.05, 3.63) is 35.9 Å². The number of hydrogen-bond acceptors (Lipinski definition) is 6. The molecule has 0 spiro atoms. The van der Waals surface area contributed by atoms with Crippen molar-refractivity contribution >= 4 is 27.6 Å². The maximum atomic E-state index is 12.8. The molecule has 2 amide bonds. The molecule has 8 nitrogen and oxygen atoms in total. The van der Waals surface area contributed by atoms with Crippen molar-refractivity contribution in [1.82, 2.24) is 10.2 Å². The molecule has 0 aromatic heterocycles. The summed E-state index contributed by atoms with van der Waals surface area (Å²) in [6.07, 6.45) is 4.09. The van der Waals surface area contributed by atoms with Crippen LogP contribution >= 0.6 is 0 Å². The standard InChI is InChI=1S/C20H26N2O6S/c23-18(13-28-19(24)12-21-20(25)15-6-2-1-3-7-15)22(16-8-4-5-9-16)17-10-11-29(26,27)14-17/h1-3,6-7,16-17H,4-5,8-14H2,(H,21,25)/t17-/m1/s1. The van der Waals surface area contributed by atoms with E-state index in [1.54, 1.807) is 35.2 Å². The number of sulfone groups is 1. The van der Waals surface area contributed by atoms with Crippen LogP contribution in [0.5, 0.6) is 0 Å². The number of nitrogens with one attached hydrogen (secondary N) is 1. The van der Waals surface area contributed by atoms with Gasteiger partial charge in [0.05, 0.1) is 11.5 Å². The highest BCUT2D eigenvalue weighted by Gasteiger charge is 2.39. The third kappa shape index (κ3) is 5.79. The number of rotatable bonds is 7. The minimum Gasteiger partial charge on any atom is -0.454 e. The highest BCUT2D eigenvalue weighted by molar-refractivity contribution is 7.91. The second-order valence-electron chi connectivity index (χ2n) is 7.51. The van der Waals surface area contributed by atoms with Crippen molar-refractivity contribution in [3.63, 3.8) is 0 Å². The average molecular weight is 423 g/mol. The van der Waals surface area contributed by atoms with Crippen molar-refractivity contribution in [2.24, 2.45) is 0 Å². The highest BCUT2D eigenvalue weighted by Crippen LogP contribution is 2.29. The van der Waals surface area contributed by atoms with E-state index < -0.39 is 28.3 Å². The van der Waals surface area contributed by atoms with Gasteiger partial charge in [0.2, 0.25) is 0 Å². The van der Waals surface area contributed by atoms with E-state index >= 15 is 0 Å². The lowest BCUT2D eigenvalue weighted by atomic mass is 10.1. The van der Waals surface area contributed by atoms with Gasteiger partial charge < -0.3 is 15.0 Å². The number of carbonyl (C=O) groups is 3. The zero-order chi connectivity index (χ0) is 20.9. The van der Waals surface area contributed by atoms with Gasteiger partial charge in [-0.25, -0.2) is 8.42 Å². The molecule has 0 bridgehead atoms. The Morgan fingerprint density at radius 3 is 2.34 bits per heavy atom. The predicted molar refractivity (Wildman–Crippen MR) is 106 cm³/mol. The lowest BCUT2D eigenvalue weighted by Crippen LogP contribution is -2.48. The number of esters is 1. The molecule has 3 rings (SSSR count). The maximum absolute atomic E-state index is 12.8. The molecule has 1 aromatic rings. The van der Waals surface area contributed by atoms with Gasteiger partial charge in [0.1, 0.15) is 6.54 Å². The first-order valence-corrected chi connectivity index (χ1v) is 11.7. The average Bonchev–Trinajstić information content (AvgIpc) is 3.35. The quantitative estimate of drug-likeness (QED) is 0.655. The van der Waals surface area contributed by atoms with Gasteiger partial charge in [0, 0.05) is 17.6 Å². The van der Waals surface area contributed by atoms with Crippen molar-refractivity contribution in [1.29, 1.82) is 0 Å². The van der Waals surface area contributed by atoms with Crippen molar-refractivity contribution in [3.8, 4) is 0 Å². The van der Waals surface area contributed by atoms with Gasteiger partial charge in [0.25, 0.3) is 11.8 Å². The van der Waals surface area contributed by atoms with E-state index in [1.807, 2.05) is 0 Å². The summed E-state index contributed by atoms with van der Waals surface area (Å²) in [4.78, 5) is 38.3. The Morgan fingerprint density at radius 2 is 1.72 bits per heavy atom. The maximum Gasteiger partial charge on any atom is 0.325 e. The summed E-state index contributed by atoms with van der Waals surface area (Å²) in [5.41, 5.74) is 0.422. The van der Waals surface area contributed by atoms with E-state index in [2.05, 4.69) is 5.32 Å². The molecule has 0 unspecified atom stereocenters. The molecular weight excluding hydrogens is 396 g/mol. The number of amides is 2. The molecule has 1 saturated heterocycles. The van der Waals surface area contributed by atoms with Crippen LogP contribution in [0.4, 0.5) is 0 Å². The van der Waals surface area contributed by atoms with E-state index in [-0.39, 0.29) is 36.0 Å². The summed E-state index contributed by atoms with van der Waals surface area (Å²) in [6.45, 7) is -0.796. The monoisotopic (exact) mass is 422 g/mol. The first kappa shape index (κ1) is 21.3. The van der Waals surface area contributed by atoms with Crippen molar-refractivity contribution < 1.29 is 27.5 Å². The van der Waals surface area contributed by atoms with Gasteiger partial charge in [-0.3, -0.25) is 14.4 Å². The predicted octanol–water partition coefficient (Wildman–Crippen LogP) is 0.918. The SMILES string of the molecule is O=C(CNC(=O)c1ccccc1)OCC(=O)N(C1CCCC1)[C@@H]1CCS(=O)(=O)C1. The van der Waals surface area contributed by atoms with Crippen molar-refractivity contribution in [2.75, 3.05) is 24.7 Å². The smallest absolute Gasteiger partial charge is 0.325 e. The van der Waals surface area contributed by atoms with Crippen LogP contribution < -0.4 is 5.32 Å². The lowest BCUT2D eigenvalue weighted by molar-refractivity contribution is -0.153.